The number of nitrogens with one attached hydrogen (secondary N) is 1. The Hall–Kier alpha value is -2.33. The van der Waals surface area contributed by atoms with Crippen molar-refractivity contribution in [2.24, 2.45) is 11.7 Å². The predicted molar refractivity (Wildman–Crippen MR) is 92.2 cm³/mol. The number of para-hydroxylation sites is 1. The van der Waals surface area contributed by atoms with E-state index in [4.69, 9.17) is 10.5 Å². The van der Waals surface area contributed by atoms with Crippen molar-refractivity contribution in [3.63, 3.8) is 0 Å². The van der Waals surface area contributed by atoms with Crippen molar-refractivity contribution in [3.05, 3.63) is 65.7 Å². The van der Waals surface area contributed by atoms with Crippen LogP contribution in [0.5, 0.6) is 5.75 Å². The molecule has 122 valence electrons. The number of hydrogen-bond donors (Lipinski definition) is 2. The van der Waals surface area contributed by atoms with Crippen LogP contribution in [0.15, 0.2) is 54.6 Å². The largest absolute Gasteiger partial charge is 0.491 e. The molecule has 0 heterocycles. The Bertz CT molecular complexity index is 628. The van der Waals surface area contributed by atoms with Crippen molar-refractivity contribution in [2.45, 2.75) is 19.9 Å². The van der Waals surface area contributed by atoms with Gasteiger partial charge in [-0.25, -0.2) is 0 Å². The van der Waals surface area contributed by atoms with Crippen molar-refractivity contribution >= 4 is 5.91 Å². The lowest BCUT2D eigenvalue weighted by Gasteiger charge is -2.20. The van der Waals surface area contributed by atoms with E-state index in [0.29, 0.717) is 13.2 Å². The number of rotatable bonds is 7. The number of amides is 1. The molecule has 0 saturated heterocycles. The molecular weight excluding hydrogens is 288 g/mol. The SMILES string of the molecule is Cc1ccccc1OCCNC(=O)C(C)C(N)c1ccccc1. The Morgan fingerprint density at radius 3 is 2.48 bits per heavy atom. The molecule has 3 N–H and O–H groups in total. The van der Waals surface area contributed by atoms with Gasteiger partial charge in [0.1, 0.15) is 12.4 Å². The third kappa shape index (κ3) is 4.83. The maximum Gasteiger partial charge on any atom is 0.224 e. The van der Waals surface area contributed by atoms with Gasteiger partial charge < -0.3 is 15.8 Å². The van der Waals surface area contributed by atoms with Gasteiger partial charge in [0.25, 0.3) is 0 Å². The van der Waals surface area contributed by atoms with Gasteiger partial charge in [0, 0.05) is 6.04 Å². The van der Waals surface area contributed by atoms with Crippen LogP contribution in [0.1, 0.15) is 24.1 Å². The Morgan fingerprint density at radius 2 is 1.78 bits per heavy atom. The highest BCUT2D eigenvalue weighted by atomic mass is 16.5. The summed E-state index contributed by atoms with van der Waals surface area (Å²) in [5.41, 5.74) is 8.21. The first-order valence-electron chi connectivity index (χ1n) is 7.86. The van der Waals surface area contributed by atoms with E-state index in [1.54, 1.807) is 0 Å². The smallest absolute Gasteiger partial charge is 0.224 e. The fraction of sp³-hybridized carbons (Fsp3) is 0.316. The van der Waals surface area contributed by atoms with Gasteiger partial charge >= 0.3 is 0 Å². The number of carbonyl (C=O) groups excluding carboxylic acids is 1. The molecule has 1 amide bonds. The van der Waals surface area contributed by atoms with Crippen LogP contribution in [-0.2, 0) is 4.79 Å². The molecule has 0 radical (unpaired) electrons. The van der Waals surface area contributed by atoms with Gasteiger partial charge in [0.15, 0.2) is 0 Å². The Balaban J connectivity index is 1.77. The minimum atomic E-state index is -0.312. The van der Waals surface area contributed by atoms with E-state index in [2.05, 4.69) is 5.32 Å². The lowest BCUT2D eigenvalue weighted by atomic mass is 9.95. The molecule has 23 heavy (non-hydrogen) atoms. The molecule has 2 atom stereocenters. The predicted octanol–water partition coefficient (Wildman–Crippen LogP) is 2.83. The topological polar surface area (TPSA) is 64.3 Å². The molecule has 0 saturated carbocycles. The third-order valence-electron chi connectivity index (χ3n) is 3.89. The van der Waals surface area contributed by atoms with Gasteiger partial charge in [-0.05, 0) is 24.1 Å². The first-order chi connectivity index (χ1) is 11.1. The molecule has 0 aromatic heterocycles. The summed E-state index contributed by atoms with van der Waals surface area (Å²) in [6, 6.07) is 17.2. The van der Waals surface area contributed by atoms with Crippen LogP contribution in [0, 0.1) is 12.8 Å². The van der Waals surface area contributed by atoms with E-state index < -0.39 is 0 Å². The van der Waals surface area contributed by atoms with Gasteiger partial charge in [0.05, 0.1) is 12.5 Å². The molecule has 2 rings (SSSR count). The van der Waals surface area contributed by atoms with E-state index in [-0.39, 0.29) is 17.9 Å². The molecule has 2 aromatic carbocycles. The summed E-state index contributed by atoms with van der Waals surface area (Å²) in [7, 11) is 0. The fourth-order valence-corrected chi connectivity index (χ4v) is 2.34. The second-order valence-corrected chi connectivity index (χ2v) is 5.63. The molecule has 0 spiro atoms. The lowest BCUT2D eigenvalue weighted by molar-refractivity contribution is -0.125. The van der Waals surface area contributed by atoms with Crippen molar-refractivity contribution < 1.29 is 9.53 Å². The monoisotopic (exact) mass is 312 g/mol. The Kier molecular flexibility index (Phi) is 6.18. The van der Waals surface area contributed by atoms with Crippen LogP contribution in [0.2, 0.25) is 0 Å². The Morgan fingerprint density at radius 1 is 1.13 bits per heavy atom. The zero-order chi connectivity index (χ0) is 16.7. The molecule has 2 unspecified atom stereocenters. The van der Waals surface area contributed by atoms with Gasteiger partial charge in [-0.2, -0.15) is 0 Å². The first-order valence-corrected chi connectivity index (χ1v) is 7.86. The average molecular weight is 312 g/mol. The van der Waals surface area contributed by atoms with Crippen LogP contribution >= 0.6 is 0 Å². The van der Waals surface area contributed by atoms with E-state index in [9.17, 15) is 4.79 Å². The second-order valence-electron chi connectivity index (χ2n) is 5.63. The number of nitrogens with two attached hydrogens (primary N) is 1. The van der Waals surface area contributed by atoms with Crippen molar-refractivity contribution in [1.82, 2.24) is 5.32 Å². The Labute approximate surface area is 137 Å². The second kappa shape index (κ2) is 8.34. The summed E-state index contributed by atoms with van der Waals surface area (Å²) >= 11 is 0. The van der Waals surface area contributed by atoms with Crippen molar-refractivity contribution in [1.29, 1.82) is 0 Å². The van der Waals surface area contributed by atoms with E-state index in [1.165, 1.54) is 0 Å². The normalized spacial score (nSPS) is 13.2. The highest BCUT2D eigenvalue weighted by Gasteiger charge is 2.21. The molecule has 0 aliphatic rings. The van der Waals surface area contributed by atoms with Crippen molar-refractivity contribution in [2.75, 3.05) is 13.2 Å². The van der Waals surface area contributed by atoms with Gasteiger partial charge in [-0.1, -0.05) is 55.5 Å². The summed E-state index contributed by atoms with van der Waals surface area (Å²) < 4.78 is 5.67. The number of carbonyl (C=O) groups is 1. The molecule has 0 bridgehead atoms. The average Bonchev–Trinajstić information content (AvgIpc) is 2.59. The number of ether oxygens (including phenoxy) is 1. The standard InChI is InChI=1S/C19H24N2O2/c1-14-8-6-7-11-17(14)23-13-12-21-19(22)15(2)18(20)16-9-4-3-5-10-16/h3-11,15,18H,12-13,20H2,1-2H3,(H,21,22). The molecule has 4 nitrogen and oxygen atoms in total. The summed E-state index contributed by atoms with van der Waals surface area (Å²) in [5, 5.41) is 2.88. The number of aryl methyl sites for hydroxylation is 1. The summed E-state index contributed by atoms with van der Waals surface area (Å²) in [6.45, 7) is 4.73. The highest BCUT2D eigenvalue weighted by molar-refractivity contribution is 5.79. The van der Waals surface area contributed by atoms with Crippen LogP contribution in [0.4, 0.5) is 0 Å². The number of hydrogen-bond acceptors (Lipinski definition) is 3. The maximum atomic E-state index is 12.2. The zero-order valence-electron chi connectivity index (χ0n) is 13.7. The van der Waals surface area contributed by atoms with Crippen molar-refractivity contribution in [3.8, 4) is 5.75 Å². The minimum Gasteiger partial charge on any atom is -0.491 e. The summed E-state index contributed by atoms with van der Waals surface area (Å²) in [5.74, 6) is 0.487. The molecule has 2 aromatic rings. The fourth-order valence-electron chi connectivity index (χ4n) is 2.34. The van der Waals surface area contributed by atoms with Crippen LogP contribution in [-0.4, -0.2) is 19.1 Å². The summed E-state index contributed by atoms with van der Waals surface area (Å²) in [6.07, 6.45) is 0. The zero-order valence-corrected chi connectivity index (χ0v) is 13.7. The molecule has 0 aliphatic carbocycles. The number of benzene rings is 2. The first kappa shape index (κ1) is 17.0. The molecule has 4 heteroatoms. The highest BCUT2D eigenvalue weighted by Crippen LogP contribution is 2.19. The third-order valence-corrected chi connectivity index (χ3v) is 3.89. The van der Waals surface area contributed by atoms with Gasteiger partial charge in [-0.3, -0.25) is 4.79 Å². The van der Waals surface area contributed by atoms with Crippen LogP contribution < -0.4 is 15.8 Å². The molecule has 0 fully saturated rings. The van der Waals surface area contributed by atoms with E-state index in [1.807, 2.05) is 68.4 Å². The van der Waals surface area contributed by atoms with Crippen LogP contribution in [0.3, 0.4) is 0 Å². The summed E-state index contributed by atoms with van der Waals surface area (Å²) in [4.78, 5) is 12.2. The van der Waals surface area contributed by atoms with Gasteiger partial charge in [-0.15, -0.1) is 0 Å². The van der Waals surface area contributed by atoms with Crippen LogP contribution in [0.25, 0.3) is 0 Å². The molecular formula is C19H24N2O2. The minimum absolute atomic E-state index is 0.0604. The quantitative estimate of drug-likeness (QED) is 0.773. The maximum absolute atomic E-state index is 12.2. The lowest BCUT2D eigenvalue weighted by Crippen LogP contribution is -2.37. The van der Waals surface area contributed by atoms with E-state index in [0.717, 1.165) is 16.9 Å². The van der Waals surface area contributed by atoms with Gasteiger partial charge in [0.2, 0.25) is 5.91 Å². The molecule has 0 aliphatic heterocycles. The van der Waals surface area contributed by atoms with E-state index >= 15 is 0 Å².